The third-order valence-corrected chi connectivity index (χ3v) is 3.93. The Bertz CT molecular complexity index is 792. The molecule has 7 heteroatoms. The molecule has 0 fully saturated rings. The summed E-state index contributed by atoms with van der Waals surface area (Å²) in [6.07, 6.45) is 1.52. The van der Waals surface area contributed by atoms with Crippen LogP contribution in [-0.4, -0.2) is 25.5 Å². The highest BCUT2D eigenvalue weighted by Crippen LogP contribution is 2.36. The van der Waals surface area contributed by atoms with Crippen LogP contribution in [0.3, 0.4) is 0 Å². The Morgan fingerprint density at radius 2 is 2.12 bits per heavy atom. The molecule has 0 saturated carbocycles. The molecule has 124 valence electrons. The molecule has 1 aliphatic heterocycles. The first kappa shape index (κ1) is 16.3. The van der Waals surface area contributed by atoms with Gasteiger partial charge in [0.05, 0.1) is 6.21 Å². The van der Waals surface area contributed by atoms with E-state index >= 15 is 0 Å². The van der Waals surface area contributed by atoms with Crippen molar-refractivity contribution in [3.05, 3.63) is 52.0 Å². The van der Waals surface area contributed by atoms with Gasteiger partial charge in [-0.05, 0) is 52.7 Å². The number of fused-ring (bicyclic) bond motifs is 1. The number of amides is 1. The molecule has 1 aliphatic rings. The standard InChI is InChI=1S/C17H15BrN2O4/c1-11-3-2-4-13(5-11)22-9-17(21)20-19-8-12-6-15-16(7-14(12)18)24-10-23-15/h2-8H,9-10H2,1H3,(H,20,21). The number of nitrogens with zero attached hydrogens (tertiary/aromatic N) is 1. The average Bonchev–Trinajstić information content (AvgIpc) is 3.00. The summed E-state index contributed by atoms with van der Waals surface area (Å²) in [7, 11) is 0. The normalized spacial score (nSPS) is 12.4. The van der Waals surface area contributed by atoms with E-state index < -0.39 is 0 Å². The van der Waals surface area contributed by atoms with Crippen LogP contribution in [0.4, 0.5) is 0 Å². The van der Waals surface area contributed by atoms with E-state index in [1.165, 1.54) is 6.21 Å². The van der Waals surface area contributed by atoms with Gasteiger partial charge in [-0.1, -0.05) is 12.1 Å². The van der Waals surface area contributed by atoms with Crippen molar-refractivity contribution in [1.29, 1.82) is 0 Å². The van der Waals surface area contributed by atoms with Crippen molar-refractivity contribution in [3.8, 4) is 17.2 Å². The average molecular weight is 391 g/mol. The quantitative estimate of drug-likeness (QED) is 0.629. The van der Waals surface area contributed by atoms with Gasteiger partial charge in [-0.2, -0.15) is 5.10 Å². The Kier molecular flexibility index (Phi) is 5.00. The van der Waals surface area contributed by atoms with Gasteiger partial charge in [0.1, 0.15) is 5.75 Å². The van der Waals surface area contributed by atoms with Crippen molar-refractivity contribution in [2.75, 3.05) is 13.4 Å². The summed E-state index contributed by atoms with van der Waals surface area (Å²) in [4.78, 5) is 11.8. The Hall–Kier alpha value is -2.54. The summed E-state index contributed by atoms with van der Waals surface area (Å²) < 4.78 is 16.8. The van der Waals surface area contributed by atoms with Crippen LogP contribution in [0.5, 0.6) is 17.2 Å². The molecule has 24 heavy (non-hydrogen) atoms. The van der Waals surface area contributed by atoms with Crippen LogP contribution in [0, 0.1) is 6.92 Å². The Balaban J connectivity index is 1.53. The topological polar surface area (TPSA) is 69.2 Å². The van der Waals surface area contributed by atoms with Gasteiger partial charge in [0, 0.05) is 10.0 Å². The molecule has 2 aromatic rings. The van der Waals surface area contributed by atoms with Crippen LogP contribution in [-0.2, 0) is 4.79 Å². The number of hydrazone groups is 1. The third kappa shape index (κ3) is 4.05. The summed E-state index contributed by atoms with van der Waals surface area (Å²) in [5.41, 5.74) is 4.25. The first-order valence-electron chi connectivity index (χ1n) is 7.22. The zero-order valence-electron chi connectivity index (χ0n) is 12.9. The van der Waals surface area contributed by atoms with E-state index in [9.17, 15) is 4.79 Å². The number of hydrogen-bond acceptors (Lipinski definition) is 5. The van der Waals surface area contributed by atoms with Crippen molar-refractivity contribution in [2.45, 2.75) is 6.92 Å². The van der Waals surface area contributed by atoms with Gasteiger partial charge >= 0.3 is 0 Å². The number of carbonyl (C=O) groups is 1. The van der Waals surface area contributed by atoms with Crippen molar-refractivity contribution < 1.29 is 19.0 Å². The van der Waals surface area contributed by atoms with Crippen molar-refractivity contribution in [3.63, 3.8) is 0 Å². The van der Waals surface area contributed by atoms with Crippen molar-refractivity contribution >= 4 is 28.1 Å². The van der Waals surface area contributed by atoms with Crippen molar-refractivity contribution in [2.24, 2.45) is 5.10 Å². The van der Waals surface area contributed by atoms with Gasteiger partial charge in [-0.15, -0.1) is 0 Å². The van der Waals surface area contributed by atoms with E-state index in [2.05, 4.69) is 26.5 Å². The zero-order chi connectivity index (χ0) is 16.9. The minimum Gasteiger partial charge on any atom is -0.484 e. The Labute approximate surface area is 147 Å². The van der Waals surface area contributed by atoms with Crippen LogP contribution in [0.15, 0.2) is 46.0 Å². The van der Waals surface area contributed by atoms with E-state index in [0.29, 0.717) is 17.2 Å². The second kappa shape index (κ2) is 7.35. The van der Waals surface area contributed by atoms with Gasteiger partial charge < -0.3 is 14.2 Å². The van der Waals surface area contributed by atoms with Crippen LogP contribution < -0.4 is 19.6 Å². The zero-order valence-corrected chi connectivity index (χ0v) is 14.5. The summed E-state index contributed by atoms with van der Waals surface area (Å²) in [6, 6.07) is 11.1. The summed E-state index contributed by atoms with van der Waals surface area (Å²) in [5.74, 6) is 1.63. The van der Waals surface area contributed by atoms with E-state index in [1.54, 1.807) is 18.2 Å². The first-order valence-corrected chi connectivity index (χ1v) is 8.01. The minimum atomic E-state index is -0.343. The molecule has 3 rings (SSSR count). The molecule has 0 aromatic heterocycles. The Morgan fingerprint density at radius 1 is 1.33 bits per heavy atom. The number of benzene rings is 2. The molecule has 0 saturated heterocycles. The van der Waals surface area contributed by atoms with Gasteiger partial charge in [0.15, 0.2) is 18.1 Å². The Morgan fingerprint density at radius 3 is 2.92 bits per heavy atom. The maximum absolute atomic E-state index is 11.8. The van der Waals surface area contributed by atoms with Gasteiger partial charge in [0.2, 0.25) is 6.79 Å². The van der Waals surface area contributed by atoms with Gasteiger partial charge in [-0.25, -0.2) is 5.43 Å². The predicted octanol–water partition coefficient (Wildman–Crippen LogP) is 3.02. The number of carbonyl (C=O) groups excluding carboxylic acids is 1. The number of aryl methyl sites for hydroxylation is 1. The summed E-state index contributed by atoms with van der Waals surface area (Å²) in [5, 5.41) is 3.93. The van der Waals surface area contributed by atoms with Crippen LogP contribution in [0.1, 0.15) is 11.1 Å². The molecule has 1 amide bonds. The lowest BCUT2D eigenvalue weighted by Gasteiger charge is -2.05. The van der Waals surface area contributed by atoms with Crippen LogP contribution >= 0.6 is 15.9 Å². The monoisotopic (exact) mass is 390 g/mol. The number of ether oxygens (including phenoxy) is 3. The lowest BCUT2D eigenvalue weighted by Crippen LogP contribution is -2.24. The largest absolute Gasteiger partial charge is 0.484 e. The van der Waals surface area contributed by atoms with Gasteiger partial charge in [0.25, 0.3) is 5.91 Å². The smallest absolute Gasteiger partial charge is 0.277 e. The van der Waals surface area contributed by atoms with E-state index in [4.69, 9.17) is 14.2 Å². The summed E-state index contributed by atoms with van der Waals surface area (Å²) in [6.45, 7) is 2.05. The lowest BCUT2D eigenvalue weighted by molar-refractivity contribution is -0.123. The minimum absolute atomic E-state index is 0.108. The molecule has 0 bridgehead atoms. The van der Waals surface area contributed by atoms with E-state index in [1.807, 2.05) is 25.1 Å². The lowest BCUT2D eigenvalue weighted by atomic mass is 10.2. The number of rotatable bonds is 5. The maximum Gasteiger partial charge on any atom is 0.277 e. The molecule has 1 heterocycles. The molecule has 0 spiro atoms. The fourth-order valence-corrected chi connectivity index (χ4v) is 2.52. The van der Waals surface area contributed by atoms with Crippen LogP contribution in [0.25, 0.3) is 0 Å². The second-order valence-corrected chi connectivity index (χ2v) is 5.98. The fourth-order valence-electron chi connectivity index (χ4n) is 2.09. The molecule has 0 aliphatic carbocycles. The molecule has 0 unspecified atom stereocenters. The highest BCUT2D eigenvalue weighted by molar-refractivity contribution is 9.10. The van der Waals surface area contributed by atoms with E-state index in [0.717, 1.165) is 15.6 Å². The molecular weight excluding hydrogens is 376 g/mol. The highest BCUT2D eigenvalue weighted by Gasteiger charge is 2.15. The SMILES string of the molecule is Cc1cccc(OCC(=O)NN=Cc2cc3c(cc2Br)OCO3)c1. The molecule has 6 nitrogen and oxygen atoms in total. The predicted molar refractivity (Wildman–Crippen MR) is 92.7 cm³/mol. The first-order chi connectivity index (χ1) is 11.6. The molecule has 1 N–H and O–H groups in total. The third-order valence-electron chi connectivity index (χ3n) is 3.24. The molecule has 0 radical (unpaired) electrons. The number of hydrogen-bond donors (Lipinski definition) is 1. The maximum atomic E-state index is 11.8. The van der Waals surface area contributed by atoms with Gasteiger partial charge in [-0.3, -0.25) is 4.79 Å². The van der Waals surface area contributed by atoms with Crippen molar-refractivity contribution in [1.82, 2.24) is 5.43 Å². The highest BCUT2D eigenvalue weighted by atomic mass is 79.9. The summed E-state index contributed by atoms with van der Waals surface area (Å²) >= 11 is 3.42. The van der Waals surface area contributed by atoms with E-state index in [-0.39, 0.29) is 19.3 Å². The number of halogens is 1. The molecule has 0 atom stereocenters. The van der Waals surface area contributed by atoms with Crippen LogP contribution in [0.2, 0.25) is 0 Å². The fraction of sp³-hybridized carbons (Fsp3) is 0.176. The number of nitrogens with one attached hydrogen (secondary N) is 1. The second-order valence-electron chi connectivity index (χ2n) is 5.13. The molecule has 2 aromatic carbocycles. The molecular formula is C17H15BrN2O4.